The first-order valence-electron chi connectivity index (χ1n) is 47.9. The van der Waals surface area contributed by atoms with Crippen molar-refractivity contribution >= 4 is 70.5 Å². The number of benzene rings is 1. The molecule has 11 heterocycles. The van der Waals surface area contributed by atoms with Crippen LogP contribution in [0.15, 0.2) is 73.4 Å². The molecule has 2 atom stereocenters. The molecule has 5 aromatic heterocycles. The lowest BCUT2D eigenvalue weighted by Crippen LogP contribution is -2.71. The lowest BCUT2D eigenvalue weighted by molar-refractivity contribution is -0.191. The second-order valence-electron chi connectivity index (χ2n) is 39.5. The Morgan fingerprint density at radius 2 is 0.727 bits per heavy atom. The minimum absolute atomic E-state index is 0.0326. The number of hydrogen-bond donors (Lipinski definition) is 8. The minimum atomic E-state index is -4.19. The van der Waals surface area contributed by atoms with Crippen LogP contribution < -0.4 is 48.9 Å². The number of rotatable bonds is 29. The molecular formula is C94H118F9N27O9. The van der Waals surface area contributed by atoms with Gasteiger partial charge in [-0.05, 0) is 198 Å². The lowest BCUT2D eigenvalue weighted by atomic mass is 9.76. The molecule has 7 aliphatic carbocycles. The predicted molar refractivity (Wildman–Crippen MR) is 484 cm³/mol. The van der Waals surface area contributed by atoms with Gasteiger partial charge in [-0.2, -0.15) is 81.0 Å². The number of nitrogens with one attached hydrogen (secondary N) is 4. The summed E-state index contributed by atoms with van der Waals surface area (Å²) < 4.78 is 128. The number of carbonyl (C=O) groups excluding carboxylic acids is 8. The number of hydrogen-bond acceptors (Lipinski definition) is 24. The number of piperazine rings is 2. The highest BCUT2D eigenvalue weighted by atomic mass is 19.4. The first-order chi connectivity index (χ1) is 66.3. The van der Waals surface area contributed by atoms with Gasteiger partial charge in [-0.1, -0.05) is 18.2 Å². The van der Waals surface area contributed by atoms with Crippen LogP contribution in [0.1, 0.15) is 233 Å². The molecule has 13 aliphatic rings. The maximum Gasteiger partial charge on any atom is 0.401 e. The molecule has 746 valence electrons. The SMILES string of the molecule is N#CCC1(n2cc(C(N)=O)c(NC(=O)C3CC3)n2)CCC(N2CC3CC(C2)N3CC(F)(F)F)CC1.N#CCC1(n2cc(C(N)=O)c(NC(=O)C3CC3)n2)CCC(N2CCC(C(F)(F)F)CC2)CC1.N#CCC1(n2cc(C(N)=O)c(NC(=O)C3CC3)n2)CCC(N2CCN(CC(F)(F)F)CC2)CC1.N#CCC1(n2cc(C(N)=O)c(NC(=O)C3CC3)n2)CCN(Cc2ccc(Oc3ccccc3)cn2)CC1. The van der Waals surface area contributed by atoms with Crippen molar-refractivity contribution in [3.63, 3.8) is 0 Å². The van der Waals surface area contributed by atoms with Crippen molar-refractivity contribution < 1.29 is 82.6 Å². The van der Waals surface area contributed by atoms with Gasteiger partial charge in [0, 0.05) is 138 Å². The van der Waals surface area contributed by atoms with Gasteiger partial charge in [-0.15, -0.1) is 0 Å². The standard InChI is InChI=1S/C27H29N7O3.C23H30F3N7O2.C22H30F3N7O2.C22H29F3N6O2/c28-13-10-27(34-18-23(24(29)35)25(32-34)31-26(36)19-6-7-19)11-14-33(15-12-27)17-20-8-9-22(16-30-20)37-21-4-2-1-3-5-21;24-23(25,26)13-32-16-9-17(32)11-31(10-16)15-3-5-22(6-4-15,7-8-27)33-12-18(19(28)34)20(30-33)29-21(35)14-1-2-14;23-22(24,25)14-30-9-11-31(12-10-30)16-3-5-21(6-4-16,7-8-26)32-13-17(18(27)33)19(29-32)28-20(34)15-1-2-15;23-22(24,25)15-5-11-30(12-6-15)16-3-7-21(8-4-16,9-10-26)31-13-17(18(27)32)19(29-31)28-20(33)14-1-2-14/h1-5,8-9,16,18-19H,6-7,10-12,14-15,17H2,(H2,29,35)(H,31,32,36);12,14-17H,1-7,9-11,13H2,(H2,28,34)(H,29,30,35);13,15-16H,1-7,9-12,14H2,(H2,27,33)(H,28,29,34);13-16H,1-9,11-12H2,(H2,27,32)(H,28,29,33). The summed E-state index contributed by atoms with van der Waals surface area (Å²) in [4.78, 5) is 114. The average Bonchev–Trinajstić information content (AvgIpc) is 1.39. The molecule has 2 bridgehead atoms. The van der Waals surface area contributed by atoms with Crippen molar-refractivity contribution in [2.45, 2.75) is 264 Å². The predicted octanol–water partition coefficient (Wildman–Crippen LogP) is 10.8. The van der Waals surface area contributed by atoms with E-state index in [1.54, 1.807) is 36.0 Å². The van der Waals surface area contributed by atoms with E-state index in [-0.39, 0.29) is 162 Å². The number of nitrogens with zero attached hydrogens (tertiary/aromatic N) is 19. The van der Waals surface area contributed by atoms with Crippen LogP contribution in [0, 0.1) is 74.9 Å². The zero-order valence-corrected chi connectivity index (χ0v) is 77.3. The first kappa shape index (κ1) is 101. The van der Waals surface area contributed by atoms with Crippen LogP contribution in [0.3, 0.4) is 0 Å². The fourth-order valence-corrected chi connectivity index (χ4v) is 21.0. The summed E-state index contributed by atoms with van der Waals surface area (Å²) in [5.74, 6) is -2.93. The van der Waals surface area contributed by atoms with Crippen LogP contribution in [0.25, 0.3) is 0 Å². The van der Waals surface area contributed by atoms with E-state index in [0.29, 0.717) is 129 Å². The zero-order valence-electron chi connectivity index (χ0n) is 77.3. The summed E-state index contributed by atoms with van der Waals surface area (Å²) in [5.41, 5.74) is 21.1. The molecule has 0 radical (unpaired) electrons. The van der Waals surface area contributed by atoms with Gasteiger partial charge in [0.25, 0.3) is 23.6 Å². The molecule has 13 fully saturated rings. The van der Waals surface area contributed by atoms with E-state index in [1.165, 1.54) is 23.5 Å². The number of ether oxygens (including phenoxy) is 1. The Morgan fingerprint density at radius 3 is 1.04 bits per heavy atom. The molecule has 45 heteroatoms. The third kappa shape index (κ3) is 25.0. The van der Waals surface area contributed by atoms with Crippen molar-refractivity contribution in [2.24, 2.45) is 52.5 Å². The van der Waals surface area contributed by atoms with Gasteiger partial charge in [0.2, 0.25) is 23.6 Å². The molecule has 8 amide bonds. The normalized spacial score (nSPS) is 25.4. The number of amides is 8. The van der Waals surface area contributed by atoms with Crippen LogP contribution in [0.2, 0.25) is 0 Å². The van der Waals surface area contributed by atoms with Crippen molar-refractivity contribution in [1.29, 1.82) is 21.0 Å². The Hall–Kier alpha value is -12.1. The molecule has 6 saturated heterocycles. The van der Waals surface area contributed by atoms with Crippen LogP contribution in [0.5, 0.6) is 11.5 Å². The molecule has 36 nitrogen and oxygen atoms in total. The highest BCUT2D eigenvalue weighted by molar-refractivity contribution is 6.05. The smallest absolute Gasteiger partial charge is 0.401 e. The number of nitrogens with two attached hydrogens (primary N) is 4. The molecule has 12 N–H and O–H groups in total. The number of anilines is 4. The quantitative estimate of drug-likeness (QED) is 0.0202. The molecule has 0 spiro atoms. The summed E-state index contributed by atoms with van der Waals surface area (Å²) in [6, 6.07) is 22.9. The van der Waals surface area contributed by atoms with E-state index in [2.05, 4.69) is 90.5 Å². The molecule has 139 heavy (non-hydrogen) atoms. The molecule has 1 aromatic carbocycles. The molecule has 6 aliphatic heterocycles. The van der Waals surface area contributed by atoms with Gasteiger partial charge in [-0.25, -0.2) is 0 Å². The Morgan fingerprint density at radius 1 is 0.388 bits per heavy atom. The topological polar surface area (TPSA) is 497 Å². The zero-order chi connectivity index (χ0) is 99.1. The van der Waals surface area contributed by atoms with Gasteiger partial charge in [0.1, 0.15) is 33.8 Å². The number of halogens is 9. The molecular weight excluding hydrogens is 1820 g/mol. The largest absolute Gasteiger partial charge is 0.456 e. The Labute approximate surface area is 797 Å². The van der Waals surface area contributed by atoms with Gasteiger partial charge in [-0.3, -0.25) is 86.6 Å². The first-order valence-corrected chi connectivity index (χ1v) is 47.9. The van der Waals surface area contributed by atoms with Crippen LogP contribution in [-0.4, -0.2) is 248 Å². The maximum absolute atomic E-state index is 13.0. The van der Waals surface area contributed by atoms with Crippen LogP contribution >= 0.6 is 0 Å². The third-order valence-electron chi connectivity index (χ3n) is 29.9. The summed E-state index contributed by atoms with van der Waals surface area (Å²) in [7, 11) is 0. The fourth-order valence-electron chi connectivity index (χ4n) is 21.0. The second-order valence-corrected chi connectivity index (χ2v) is 39.5. The van der Waals surface area contributed by atoms with Crippen LogP contribution in [-0.2, 0) is 47.9 Å². The number of alkyl halides is 9. The van der Waals surface area contributed by atoms with Crippen molar-refractivity contribution in [1.82, 2.24) is 73.5 Å². The fraction of sp³-hybridized carbons (Fsp3) is 0.628. The van der Waals surface area contributed by atoms with Crippen molar-refractivity contribution in [2.75, 3.05) is 99.8 Å². The third-order valence-corrected chi connectivity index (χ3v) is 29.9. The van der Waals surface area contributed by atoms with Gasteiger partial charge in [0.05, 0.1) is 103 Å². The van der Waals surface area contributed by atoms with Gasteiger partial charge < -0.3 is 53.8 Å². The number of fused-ring (bicyclic) bond motifs is 2. The number of piperidine rings is 3. The maximum atomic E-state index is 13.0. The number of pyridine rings is 1. The Balaban J connectivity index is 0.000000140. The molecule has 7 saturated carbocycles. The van der Waals surface area contributed by atoms with E-state index in [0.717, 1.165) is 108 Å². The Bertz CT molecular complexity index is 5560. The number of aromatic nitrogens is 9. The highest BCUT2D eigenvalue weighted by Crippen LogP contribution is 2.48. The monoisotopic (exact) mass is 1940 g/mol. The lowest BCUT2D eigenvalue weighted by Gasteiger charge is -2.58. The second kappa shape index (κ2) is 42.5. The summed E-state index contributed by atoms with van der Waals surface area (Å²) in [6.45, 7) is 4.43. The number of primary amides is 4. The summed E-state index contributed by atoms with van der Waals surface area (Å²) in [6.07, 6.45) is 13.3. The average molecular weight is 1940 g/mol. The molecule has 2 unspecified atom stereocenters. The van der Waals surface area contributed by atoms with Crippen molar-refractivity contribution in [3.05, 3.63) is 101 Å². The van der Waals surface area contributed by atoms with E-state index < -0.39 is 83.3 Å². The number of para-hydroxylation sites is 1. The number of carbonyl (C=O) groups is 8. The van der Waals surface area contributed by atoms with Gasteiger partial charge in [0.15, 0.2) is 23.3 Å². The van der Waals surface area contributed by atoms with Gasteiger partial charge >= 0.3 is 18.5 Å². The summed E-state index contributed by atoms with van der Waals surface area (Å²) in [5, 5.41) is 67.1. The van der Waals surface area contributed by atoms with E-state index in [1.807, 2.05) is 42.5 Å². The van der Waals surface area contributed by atoms with E-state index >= 15 is 0 Å². The van der Waals surface area contributed by atoms with E-state index in [9.17, 15) is 98.9 Å². The van der Waals surface area contributed by atoms with Crippen LogP contribution in [0.4, 0.5) is 62.8 Å². The minimum Gasteiger partial charge on any atom is -0.456 e. The van der Waals surface area contributed by atoms with E-state index in [4.69, 9.17) is 27.7 Å². The molecule has 19 rings (SSSR count). The summed E-state index contributed by atoms with van der Waals surface area (Å²) >= 11 is 0. The number of likely N-dealkylation sites (tertiary alicyclic amines) is 2. The van der Waals surface area contributed by atoms with Crippen molar-refractivity contribution in [3.8, 4) is 35.8 Å². The number of nitriles is 4. The Kier molecular flexibility index (Phi) is 31.0. The highest BCUT2D eigenvalue weighted by Gasteiger charge is 2.53. The molecule has 6 aromatic rings.